The van der Waals surface area contributed by atoms with Gasteiger partial charge in [-0.05, 0) is 78.9 Å². The van der Waals surface area contributed by atoms with Crippen molar-refractivity contribution in [1.82, 2.24) is 50.6 Å². The first kappa shape index (κ1) is 34.2. The van der Waals surface area contributed by atoms with Crippen LogP contribution in [-0.2, 0) is 0 Å². The predicted molar refractivity (Wildman–Crippen MR) is 200 cm³/mol. The number of anilines is 2. The summed E-state index contributed by atoms with van der Waals surface area (Å²) in [6.45, 7) is 6.75. The Morgan fingerprint density at radius 1 is 0.679 bits per heavy atom. The number of aliphatic hydroxyl groups excluding tert-OH is 1. The van der Waals surface area contributed by atoms with Crippen LogP contribution in [0.5, 0.6) is 11.5 Å². The zero-order chi connectivity index (χ0) is 36.2. The molecule has 3 saturated heterocycles. The van der Waals surface area contributed by atoms with E-state index >= 15 is 0 Å². The maximum absolute atomic E-state index is 10.4. The average molecular weight is 715 g/mol. The Balaban J connectivity index is 0.000000151. The monoisotopic (exact) mass is 714 g/mol. The number of nitrogens with zero attached hydrogens (tertiary/aromatic N) is 10. The molecule has 15 heteroatoms. The van der Waals surface area contributed by atoms with Crippen molar-refractivity contribution in [3.8, 4) is 45.4 Å². The first-order chi connectivity index (χ1) is 26.0. The highest BCUT2D eigenvalue weighted by molar-refractivity contribution is 5.70. The zero-order valence-electron chi connectivity index (χ0n) is 29.2. The van der Waals surface area contributed by atoms with Crippen LogP contribution in [0.2, 0.25) is 0 Å². The Labute approximate surface area is 306 Å². The smallest absolute Gasteiger partial charge is 0.151 e. The van der Waals surface area contributed by atoms with Gasteiger partial charge in [0.25, 0.3) is 0 Å². The van der Waals surface area contributed by atoms with Gasteiger partial charge in [0.1, 0.15) is 11.5 Å². The topological polar surface area (TPSA) is 178 Å². The first-order valence-corrected chi connectivity index (χ1v) is 17.9. The van der Waals surface area contributed by atoms with Gasteiger partial charge in [-0.15, -0.1) is 20.4 Å². The number of phenols is 2. The van der Waals surface area contributed by atoms with E-state index in [1.807, 2.05) is 73.1 Å². The van der Waals surface area contributed by atoms with Crippen molar-refractivity contribution in [1.29, 1.82) is 0 Å². The van der Waals surface area contributed by atoms with Gasteiger partial charge in [0.05, 0.1) is 29.4 Å². The number of piperazine rings is 1. The molecule has 15 nitrogen and oxygen atoms in total. The highest BCUT2D eigenvalue weighted by Crippen LogP contribution is 2.37. The molecule has 3 fully saturated rings. The van der Waals surface area contributed by atoms with Gasteiger partial charge < -0.3 is 35.8 Å². The maximum Gasteiger partial charge on any atom is 0.151 e. The third-order valence-corrected chi connectivity index (χ3v) is 10.3. The quantitative estimate of drug-likeness (QED) is 0.163. The molecule has 6 aromatic rings. The lowest BCUT2D eigenvalue weighted by Gasteiger charge is -2.48. The lowest BCUT2D eigenvalue weighted by molar-refractivity contribution is 0.126. The summed E-state index contributed by atoms with van der Waals surface area (Å²) < 4.78 is 3.39. The lowest BCUT2D eigenvalue weighted by Crippen LogP contribution is -2.58. The fourth-order valence-corrected chi connectivity index (χ4v) is 7.07. The molecule has 0 bridgehead atoms. The van der Waals surface area contributed by atoms with Gasteiger partial charge in [0, 0.05) is 99.9 Å². The van der Waals surface area contributed by atoms with Crippen molar-refractivity contribution < 1.29 is 15.3 Å². The molecule has 53 heavy (non-hydrogen) atoms. The molecule has 9 rings (SSSR count). The number of aromatic hydroxyl groups is 2. The van der Waals surface area contributed by atoms with Crippen molar-refractivity contribution in [2.45, 2.75) is 18.9 Å². The molecular weight excluding hydrogens is 672 g/mol. The standard InChI is InChI=1S/C20H22N6O.C18H20N6O2/c27-18-12-15(26-9-1-8-22-26)2-3-16(18)17-4-5-19(24-23-17)25-10-6-20(7-11-25)13-21-14-20;25-12-13-11-23(9-7-19-13)18-5-4-16(21-22-18)15-3-2-14(10-17(15)26)24-8-1-6-20-24/h1-5,8-9,12,21,27H,6-7,10-11,13-14H2;1-6,8,10,13,19,25-26H,7,9,11-12H2. The van der Waals surface area contributed by atoms with Gasteiger partial charge in [-0.25, -0.2) is 9.36 Å². The minimum absolute atomic E-state index is 0.0455. The zero-order valence-corrected chi connectivity index (χ0v) is 29.2. The van der Waals surface area contributed by atoms with Crippen molar-refractivity contribution >= 4 is 11.6 Å². The van der Waals surface area contributed by atoms with Crippen LogP contribution in [0.1, 0.15) is 12.8 Å². The molecule has 7 heterocycles. The molecule has 1 atom stereocenters. The summed E-state index contributed by atoms with van der Waals surface area (Å²) in [6.07, 6.45) is 9.46. The SMILES string of the molecule is OCC1CN(c2ccc(-c3ccc(-n4cccn4)cc3O)nn2)CCN1.Oc1cc(-n2cccn2)ccc1-c1ccc(N2CCC3(CC2)CNC3)nn1. The predicted octanol–water partition coefficient (Wildman–Crippen LogP) is 3.03. The number of rotatable bonds is 7. The number of benzene rings is 2. The fourth-order valence-electron chi connectivity index (χ4n) is 7.07. The maximum atomic E-state index is 10.4. The van der Waals surface area contributed by atoms with E-state index in [0.29, 0.717) is 34.5 Å². The summed E-state index contributed by atoms with van der Waals surface area (Å²) in [5.41, 5.74) is 4.66. The van der Waals surface area contributed by atoms with E-state index < -0.39 is 0 Å². The van der Waals surface area contributed by atoms with E-state index in [4.69, 9.17) is 0 Å². The van der Waals surface area contributed by atoms with E-state index in [9.17, 15) is 15.3 Å². The van der Waals surface area contributed by atoms with Crippen molar-refractivity contribution in [2.75, 3.05) is 62.2 Å². The normalized spacial score (nSPS) is 17.9. The van der Waals surface area contributed by atoms with Gasteiger partial charge in [0.15, 0.2) is 11.6 Å². The Bertz CT molecular complexity index is 2090. The van der Waals surface area contributed by atoms with Crippen LogP contribution < -0.4 is 20.4 Å². The van der Waals surface area contributed by atoms with E-state index in [0.717, 1.165) is 62.3 Å². The van der Waals surface area contributed by atoms with Gasteiger partial charge in [-0.2, -0.15) is 10.2 Å². The Morgan fingerprint density at radius 3 is 1.68 bits per heavy atom. The van der Waals surface area contributed by atoms with E-state index in [2.05, 4.69) is 51.0 Å². The summed E-state index contributed by atoms with van der Waals surface area (Å²) in [6, 6.07) is 22.2. The van der Waals surface area contributed by atoms with Gasteiger partial charge in [-0.3, -0.25) is 0 Å². The highest BCUT2D eigenvalue weighted by Gasteiger charge is 2.39. The molecule has 3 aliphatic heterocycles. The minimum atomic E-state index is 0.0455. The van der Waals surface area contributed by atoms with Gasteiger partial charge in [-0.1, -0.05) is 0 Å². The second-order valence-corrected chi connectivity index (χ2v) is 13.7. The number of hydrogen-bond acceptors (Lipinski definition) is 13. The lowest BCUT2D eigenvalue weighted by atomic mass is 9.73. The van der Waals surface area contributed by atoms with E-state index in [1.54, 1.807) is 33.9 Å². The van der Waals surface area contributed by atoms with Crippen LogP contribution in [0.15, 0.2) is 97.6 Å². The van der Waals surface area contributed by atoms with Crippen LogP contribution >= 0.6 is 0 Å². The highest BCUT2D eigenvalue weighted by atomic mass is 16.3. The third kappa shape index (κ3) is 7.40. The Morgan fingerprint density at radius 2 is 1.25 bits per heavy atom. The molecule has 0 saturated carbocycles. The summed E-state index contributed by atoms with van der Waals surface area (Å²) in [5.74, 6) is 1.97. The van der Waals surface area contributed by atoms with Crippen molar-refractivity contribution in [3.63, 3.8) is 0 Å². The minimum Gasteiger partial charge on any atom is -0.507 e. The summed E-state index contributed by atoms with van der Waals surface area (Å²) in [4.78, 5) is 4.40. The second kappa shape index (κ2) is 15.0. The van der Waals surface area contributed by atoms with Crippen LogP contribution in [0, 0.1) is 5.41 Å². The molecule has 0 aliphatic carbocycles. The second-order valence-electron chi connectivity index (χ2n) is 13.7. The molecule has 0 amide bonds. The Hall–Kier alpha value is -5.90. The van der Waals surface area contributed by atoms with E-state index in [-0.39, 0.29) is 24.1 Å². The fraction of sp³-hybridized carbons (Fsp3) is 0.316. The number of piperidine rings is 1. The van der Waals surface area contributed by atoms with Crippen LogP contribution in [0.3, 0.4) is 0 Å². The number of nitrogens with one attached hydrogen (secondary N) is 2. The molecule has 2 aromatic carbocycles. The molecule has 1 spiro atoms. The van der Waals surface area contributed by atoms with Crippen molar-refractivity contribution in [3.05, 3.63) is 97.6 Å². The van der Waals surface area contributed by atoms with Gasteiger partial charge >= 0.3 is 0 Å². The molecule has 5 N–H and O–H groups in total. The number of aliphatic hydroxyl groups is 1. The summed E-state index contributed by atoms with van der Waals surface area (Å²) in [5, 5.41) is 62.4. The average Bonchev–Trinajstić information content (AvgIpc) is 3.94. The molecule has 1 unspecified atom stereocenters. The molecule has 3 aliphatic rings. The Kier molecular flexibility index (Phi) is 9.67. The molecular formula is C38H42N12O3. The van der Waals surface area contributed by atoms with Gasteiger partial charge in [0.2, 0.25) is 0 Å². The number of hydrogen-bond donors (Lipinski definition) is 5. The van der Waals surface area contributed by atoms with Crippen LogP contribution in [-0.4, -0.2) is 114 Å². The molecule has 272 valence electrons. The van der Waals surface area contributed by atoms with Crippen LogP contribution in [0.4, 0.5) is 11.6 Å². The number of aromatic nitrogens is 8. The van der Waals surface area contributed by atoms with E-state index in [1.165, 1.54) is 12.8 Å². The molecule has 4 aromatic heterocycles. The van der Waals surface area contributed by atoms with Crippen molar-refractivity contribution in [2.24, 2.45) is 5.41 Å². The summed E-state index contributed by atoms with van der Waals surface area (Å²) >= 11 is 0. The summed E-state index contributed by atoms with van der Waals surface area (Å²) in [7, 11) is 0. The molecule has 0 radical (unpaired) electrons. The first-order valence-electron chi connectivity index (χ1n) is 17.9. The number of phenolic OH excluding ortho intramolecular Hbond substituents is 2. The largest absolute Gasteiger partial charge is 0.507 e. The third-order valence-electron chi connectivity index (χ3n) is 10.3. The van der Waals surface area contributed by atoms with Crippen LogP contribution in [0.25, 0.3) is 33.9 Å².